The third kappa shape index (κ3) is 42.4. The van der Waals surface area contributed by atoms with E-state index in [4.69, 9.17) is 24.8 Å². The molecule has 0 aliphatic carbocycles. The predicted molar refractivity (Wildman–Crippen MR) is 245 cm³/mol. The number of carboxylic acids is 1. The first-order chi connectivity index (χ1) is 29.1. The van der Waals surface area contributed by atoms with E-state index in [1.54, 1.807) is 12.2 Å². The number of allylic oxidation sites excluding steroid dienone is 5. The molecule has 0 heterocycles. The standard InChI is InChI=1S/C48H88NO10P/c1-3-5-7-9-11-13-15-17-19-20-21-22-23-24-26-28-30-32-34-36-38-40-47(51)59-44(42-57-60(54,55)58-43-45(49)48(52)53)41-56-46(50)39-37-35-33-31-29-27-25-18-16-14-12-10-8-6-4-2/h17,19,33,35,37,39,44-45H,3-16,18,20-32,34,36,38,40-43,49H2,1-2H3,(H,52,53)(H,54,55)/b19-17+,35-33+,39-37+/t44-,45-/m0/s1. The highest BCUT2D eigenvalue weighted by Crippen LogP contribution is 2.43. The quantitative estimate of drug-likeness (QED) is 0.0133. The summed E-state index contributed by atoms with van der Waals surface area (Å²) in [5.74, 6) is -2.63. The lowest BCUT2D eigenvalue weighted by molar-refractivity contribution is -0.159. The number of phosphoric ester groups is 1. The summed E-state index contributed by atoms with van der Waals surface area (Å²) < 4.78 is 32.6. The van der Waals surface area contributed by atoms with E-state index >= 15 is 0 Å². The highest BCUT2D eigenvalue weighted by atomic mass is 31.2. The van der Waals surface area contributed by atoms with Crippen LogP contribution < -0.4 is 5.73 Å². The van der Waals surface area contributed by atoms with Crippen molar-refractivity contribution in [1.82, 2.24) is 0 Å². The molecule has 0 radical (unpaired) electrons. The van der Waals surface area contributed by atoms with Gasteiger partial charge in [-0.3, -0.25) is 18.6 Å². The van der Waals surface area contributed by atoms with Crippen LogP contribution in [-0.2, 0) is 37.5 Å². The van der Waals surface area contributed by atoms with Crippen LogP contribution in [0, 0.1) is 0 Å². The van der Waals surface area contributed by atoms with Crippen molar-refractivity contribution in [2.75, 3.05) is 19.8 Å². The van der Waals surface area contributed by atoms with Crippen LogP contribution in [-0.4, -0.2) is 59.9 Å². The summed E-state index contributed by atoms with van der Waals surface area (Å²) in [6, 6.07) is -1.53. The van der Waals surface area contributed by atoms with Gasteiger partial charge in [0.05, 0.1) is 13.2 Å². The van der Waals surface area contributed by atoms with Crippen LogP contribution in [0.4, 0.5) is 0 Å². The minimum absolute atomic E-state index is 0.142. The lowest BCUT2D eigenvalue weighted by Gasteiger charge is -2.20. The van der Waals surface area contributed by atoms with Gasteiger partial charge in [-0.2, -0.15) is 0 Å². The fraction of sp³-hybridized carbons (Fsp3) is 0.812. The molecule has 11 nitrogen and oxygen atoms in total. The Labute approximate surface area is 365 Å². The van der Waals surface area contributed by atoms with E-state index < -0.39 is 57.7 Å². The summed E-state index contributed by atoms with van der Waals surface area (Å²) in [6.07, 6.45) is 48.4. The molecule has 1 unspecified atom stereocenters. The molecule has 3 atom stereocenters. The molecule has 0 aliphatic rings. The normalized spacial score (nSPS) is 13.9. The zero-order valence-electron chi connectivity index (χ0n) is 38.1. The highest BCUT2D eigenvalue weighted by molar-refractivity contribution is 7.47. The molecule has 0 spiro atoms. The number of hydrogen-bond acceptors (Lipinski definition) is 9. The molecule has 0 fully saturated rings. The second-order valence-corrected chi connectivity index (χ2v) is 17.8. The van der Waals surface area contributed by atoms with Crippen LogP contribution in [0.25, 0.3) is 0 Å². The van der Waals surface area contributed by atoms with E-state index in [0.29, 0.717) is 6.42 Å². The number of aliphatic carboxylic acids is 1. The van der Waals surface area contributed by atoms with Crippen molar-refractivity contribution < 1.29 is 47.5 Å². The maximum atomic E-state index is 12.7. The lowest BCUT2D eigenvalue weighted by Crippen LogP contribution is -2.34. The molecule has 0 aromatic carbocycles. The van der Waals surface area contributed by atoms with Crippen molar-refractivity contribution in [3.05, 3.63) is 36.5 Å². The molecule has 12 heteroatoms. The lowest BCUT2D eigenvalue weighted by atomic mass is 10.0. The van der Waals surface area contributed by atoms with Gasteiger partial charge in [0.1, 0.15) is 12.6 Å². The molecule has 0 aromatic rings. The van der Waals surface area contributed by atoms with E-state index in [1.807, 2.05) is 6.08 Å². The number of carbonyl (C=O) groups excluding carboxylic acids is 2. The van der Waals surface area contributed by atoms with Crippen LogP contribution in [0.5, 0.6) is 0 Å². The molecule has 0 amide bonds. The van der Waals surface area contributed by atoms with Gasteiger partial charge in [0.2, 0.25) is 0 Å². The van der Waals surface area contributed by atoms with Crippen molar-refractivity contribution in [2.45, 2.75) is 231 Å². The summed E-state index contributed by atoms with van der Waals surface area (Å²) in [7, 11) is -4.74. The Hall–Kier alpha value is -2.30. The van der Waals surface area contributed by atoms with Crippen molar-refractivity contribution in [1.29, 1.82) is 0 Å². The van der Waals surface area contributed by atoms with Gasteiger partial charge >= 0.3 is 25.7 Å². The van der Waals surface area contributed by atoms with Gasteiger partial charge < -0.3 is 25.2 Å². The van der Waals surface area contributed by atoms with Gasteiger partial charge in [0, 0.05) is 12.5 Å². The molecule has 60 heavy (non-hydrogen) atoms. The van der Waals surface area contributed by atoms with E-state index in [9.17, 15) is 23.8 Å². The SMILES string of the molecule is CCCCCCCC/C=C/CCCCCCCCCCCCCC(=O)O[C@@H](COC(=O)/C=C/C=C/CCCCCCCCCCCCC)COP(=O)(O)OC[C@H](N)C(=O)O. The predicted octanol–water partition coefficient (Wildman–Crippen LogP) is 13.2. The van der Waals surface area contributed by atoms with Gasteiger partial charge in [0.15, 0.2) is 6.10 Å². The molecule has 0 saturated heterocycles. The van der Waals surface area contributed by atoms with Gasteiger partial charge in [-0.15, -0.1) is 0 Å². The number of esters is 2. The molecule has 350 valence electrons. The largest absolute Gasteiger partial charge is 0.480 e. The summed E-state index contributed by atoms with van der Waals surface area (Å²) in [5, 5.41) is 8.90. The Morgan fingerprint density at radius 3 is 1.40 bits per heavy atom. The first kappa shape index (κ1) is 57.7. The minimum Gasteiger partial charge on any atom is -0.480 e. The first-order valence-corrected chi connectivity index (χ1v) is 25.6. The molecule has 0 saturated carbocycles. The number of phosphoric acid groups is 1. The second-order valence-electron chi connectivity index (χ2n) is 16.3. The van der Waals surface area contributed by atoms with E-state index in [1.165, 1.54) is 167 Å². The number of nitrogens with two attached hydrogens (primary N) is 1. The Morgan fingerprint density at radius 1 is 0.550 bits per heavy atom. The fourth-order valence-corrected chi connectivity index (χ4v) is 7.46. The van der Waals surface area contributed by atoms with Crippen molar-refractivity contribution in [2.24, 2.45) is 5.73 Å². The maximum Gasteiger partial charge on any atom is 0.472 e. The van der Waals surface area contributed by atoms with Crippen molar-refractivity contribution >= 4 is 25.7 Å². The van der Waals surface area contributed by atoms with Gasteiger partial charge in [0.25, 0.3) is 0 Å². The Bertz CT molecular complexity index is 1160. The molecule has 0 aliphatic heterocycles. The van der Waals surface area contributed by atoms with Crippen LogP contribution in [0.1, 0.15) is 219 Å². The fourth-order valence-electron chi connectivity index (χ4n) is 6.68. The molecule has 0 bridgehead atoms. The van der Waals surface area contributed by atoms with Crippen LogP contribution >= 0.6 is 7.82 Å². The maximum absolute atomic E-state index is 12.7. The number of rotatable bonds is 45. The van der Waals surface area contributed by atoms with Crippen molar-refractivity contribution in [3.63, 3.8) is 0 Å². The topological polar surface area (TPSA) is 172 Å². The zero-order chi connectivity index (χ0) is 44.2. The number of unbranched alkanes of at least 4 members (excludes halogenated alkanes) is 28. The third-order valence-corrected chi connectivity index (χ3v) is 11.4. The smallest absolute Gasteiger partial charge is 0.472 e. The molecular weight excluding hydrogens is 781 g/mol. The van der Waals surface area contributed by atoms with Crippen LogP contribution in [0.2, 0.25) is 0 Å². The first-order valence-electron chi connectivity index (χ1n) is 24.1. The van der Waals surface area contributed by atoms with E-state index in [2.05, 4.69) is 30.5 Å². The zero-order valence-corrected chi connectivity index (χ0v) is 38.9. The Morgan fingerprint density at radius 2 is 0.950 bits per heavy atom. The van der Waals surface area contributed by atoms with Crippen LogP contribution in [0.3, 0.4) is 0 Å². The summed E-state index contributed by atoms with van der Waals surface area (Å²) >= 11 is 0. The molecule has 0 rings (SSSR count). The van der Waals surface area contributed by atoms with E-state index in [0.717, 1.165) is 32.1 Å². The number of carboxylic acid groups (broad SMARTS) is 1. The second kappa shape index (κ2) is 43.4. The Balaban J connectivity index is 4.34. The molecule has 0 aromatic heterocycles. The molecule has 4 N–H and O–H groups in total. The van der Waals surface area contributed by atoms with Crippen molar-refractivity contribution in [3.8, 4) is 0 Å². The molecular formula is C48H88NO10P. The number of carbonyl (C=O) groups is 3. The monoisotopic (exact) mass is 870 g/mol. The highest BCUT2D eigenvalue weighted by Gasteiger charge is 2.28. The summed E-state index contributed by atoms with van der Waals surface area (Å²) in [5.41, 5.74) is 5.34. The Kier molecular flexibility index (Phi) is 41.7. The summed E-state index contributed by atoms with van der Waals surface area (Å²) in [6.45, 7) is 2.70. The van der Waals surface area contributed by atoms with E-state index in [-0.39, 0.29) is 6.42 Å². The van der Waals surface area contributed by atoms with Gasteiger partial charge in [-0.1, -0.05) is 198 Å². The summed E-state index contributed by atoms with van der Waals surface area (Å²) in [4.78, 5) is 45.9. The number of hydrogen-bond donors (Lipinski definition) is 3. The minimum atomic E-state index is -4.74. The average molecular weight is 870 g/mol. The third-order valence-electron chi connectivity index (χ3n) is 10.5. The van der Waals surface area contributed by atoms with Crippen LogP contribution in [0.15, 0.2) is 36.5 Å². The average Bonchev–Trinajstić information content (AvgIpc) is 3.22. The van der Waals surface area contributed by atoms with Gasteiger partial charge in [-0.25, -0.2) is 9.36 Å². The van der Waals surface area contributed by atoms with Gasteiger partial charge in [-0.05, 0) is 44.9 Å². The number of ether oxygens (including phenoxy) is 2.